The zero-order valence-electron chi connectivity index (χ0n) is 14.1. The van der Waals surface area contributed by atoms with Crippen LogP contribution in [0.4, 0.5) is 0 Å². The fourth-order valence-electron chi connectivity index (χ4n) is 3.78. The summed E-state index contributed by atoms with van der Waals surface area (Å²) in [6, 6.07) is 8.67. The van der Waals surface area contributed by atoms with Gasteiger partial charge in [0, 0.05) is 29.5 Å². The standard InChI is InChI=1S/C20H23ClN2O/c1-13-6-9-18-15(10-13)11-16(19(21)22-18)12-23(17-4-2-3-5-17)20(24)14-7-8-14/h6,9-11,14,17H,2-5,7-8,12H2,1H3. The highest BCUT2D eigenvalue weighted by molar-refractivity contribution is 6.30. The van der Waals surface area contributed by atoms with Gasteiger partial charge in [-0.25, -0.2) is 4.98 Å². The van der Waals surface area contributed by atoms with Gasteiger partial charge in [-0.3, -0.25) is 4.79 Å². The maximum absolute atomic E-state index is 12.8. The SMILES string of the molecule is Cc1ccc2nc(Cl)c(CN(C(=O)C3CC3)C3CCCC3)cc2c1. The first kappa shape index (κ1) is 15.9. The van der Waals surface area contributed by atoms with Crippen LogP contribution in [-0.4, -0.2) is 21.8 Å². The van der Waals surface area contributed by atoms with Gasteiger partial charge < -0.3 is 4.90 Å². The highest BCUT2D eigenvalue weighted by atomic mass is 35.5. The zero-order chi connectivity index (χ0) is 16.7. The first-order chi connectivity index (χ1) is 11.6. The molecule has 2 aliphatic carbocycles. The molecule has 2 saturated carbocycles. The van der Waals surface area contributed by atoms with E-state index in [9.17, 15) is 4.79 Å². The number of amides is 1. The Morgan fingerprint density at radius 3 is 2.67 bits per heavy atom. The second-order valence-electron chi connectivity index (χ2n) is 7.31. The van der Waals surface area contributed by atoms with Crippen LogP contribution in [0.3, 0.4) is 0 Å². The van der Waals surface area contributed by atoms with Crippen LogP contribution in [0.1, 0.15) is 49.7 Å². The van der Waals surface area contributed by atoms with Crippen molar-refractivity contribution in [2.75, 3.05) is 0 Å². The van der Waals surface area contributed by atoms with E-state index >= 15 is 0 Å². The van der Waals surface area contributed by atoms with E-state index in [1.807, 2.05) is 12.1 Å². The van der Waals surface area contributed by atoms with Crippen LogP contribution in [0.5, 0.6) is 0 Å². The van der Waals surface area contributed by atoms with Crippen molar-refractivity contribution in [1.29, 1.82) is 0 Å². The molecule has 126 valence electrons. The Bertz CT molecular complexity index is 779. The Morgan fingerprint density at radius 2 is 1.96 bits per heavy atom. The molecule has 0 unspecified atom stereocenters. The summed E-state index contributed by atoms with van der Waals surface area (Å²) in [5.41, 5.74) is 3.09. The Balaban J connectivity index is 1.66. The summed E-state index contributed by atoms with van der Waals surface area (Å²) < 4.78 is 0. The highest BCUT2D eigenvalue weighted by Crippen LogP contribution is 2.35. The Labute approximate surface area is 148 Å². The molecule has 1 heterocycles. The quantitative estimate of drug-likeness (QED) is 0.742. The van der Waals surface area contributed by atoms with Crippen molar-refractivity contribution in [2.45, 2.75) is 58.0 Å². The smallest absolute Gasteiger partial charge is 0.226 e. The number of fused-ring (bicyclic) bond motifs is 1. The lowest BCUT2D eigenvalue weighted by atomic mass is 10.1. The molecule has 24 heavy (non-hydrogen) atoms. The molecular formula is C20H23ClN2O. The van der Waals surface area contributed by atoms with E-state index in [1.54, 1.807) is 0 Å². The molecule has 0 bridgehead atoms. The van der Waals surface area contributed by atoms with Crippen molar-refractivity contribution in [2.24, 2.45) is 5.92 Å². The molecule has 2 aromatic rings. The maximum atomic E-state index is 12.8. The minimum absolute atomic E-state index is 0.250. The normalized spacial score (nSPS) is 18.2. The first-order valence-electron chi connectivity index (χ1n) is 8.98. The first-order valence-corrected chi connectivity index (χ1v) is 9.36. The van der Waals surface area contributed by atoms with Gasteiger partial charge in [0.2, 0.25) is 5.91 Å². The molecule has 0 spiro atoms. The van der Waals surface area contributed by atoms with E-state index in [2.05, 4.69) is 28.9 Å². The molecule has 0 atom stereocenters. The van der Waals surface area contributed by atoms with E-state index in [0.29, 0.717) is 23.6 Å². The van der Waals surface area contributed by atoms with Gasteiger partial charge in [0.1, 0.15) is 5.15 Å². The number of carbonyl (C=O) groups excluding carboxylic acids is 1. The Morgan fingerprint density at radius 1 is 1.21 bits per heavy atom. The minimum atomic E-state index is 0.250. The molecule has 0 N–H and O–H groups in total. The van der Waals surface area contributed by atoms with E-state index in [4.69, 9.17) is 11.6 Å². The van der Waals surface area contributed by atoms with Crippen molar-refractivity contribution in [3.8, 4) is 0 Å². The number of hydrogen-bond donors (Lipinski definition) is 0. The lowest BCUT2D eigenvalue weighted by molar-refractivity contribution is -0.135. The predicted octanol–water partition coefficient (Wildman–Crippen LogP) is 4.88. The highest BCUT2D eigenvalue weighted by Gasteiger charge is 2.37. The molecule has 4 heteroatoms. The van der Waals surface area contributed by atoms with Gasteiger partial charge in [0.05, 0.1) is 5.52 Å². The molecule has 0 radical (unpaired) electrons. The number of benzene rings is 1. The minimum Gasteiger partial charge on any atom is -0.335 e. The molecule has 1 aromatic heterocycles. The largest absolute Gasteiger partial charge is 0.335 e. The van der Waals surface area contributed by atoms with Gasteiger partial charge in [0.25, 0.3) is 0 Å². The molecule has 4 rings (SSSR count). The molecule has 2 aliphatic rings. The van der Waals surface area contributed by atoms with Crippen molar-refractivity contribution >= 4 is 28.4 Å². The van der Waals surface area contributed by atoms with E-state index < -0.39 is 0 Å². The topological polar surface area (TPSA) is 33.2 Å². The van der Waals surface area contributed by atoms with Gasteiger partial charge in [-0.1, -0.05) is 36.1 Å². The molecule has 3 nitrogen and oxygen atoms in total. The summed E-state index contributed by atoms with van der Waals surface area (Å²) in [5, 5.41) is 1.62. The van der Waals surface area contributed by atoms with Crippen LogP contribution in [0.25, 0.3) is 10.9 Å². The summed E-state index contributed by atoms with van der Waals surface area (Å²) in [6.45, 7) is 2.67. The van der Waals surface area contributed by atoms with Gasteiger partial charge in [-0.2, -0.15) is 0 Å². The zero-order valence-corrected chi connectivity index (χ0v) is 14.9. The van der Waals surface area contributed by atoms with Gasteiger partial charge in [0.15, 0.2) is 0 Å². The number of aromatic nitrogens is 1. The number of nitrogens with zero attached hydrogens (tertiary/aromatic N) is 2. The van der Waals surface area contributed by atoms with Crippen LogP contribution in [0, 0.1) is 12.8 Å². The number of aryl methyl sites for hydroxylation is 1. The van der Waals surface area contributed by atoms with Crippen molar-refractivity contribution in [1.82, 2.24) is 9.88 Å². The molecule has 1 amide bonds. The second-order valence-corrected chi connectivity index (χ2v) is 7.67. The summed E-state index contributed by atoms with van der Waals surface area (Å²) in [5.74, 6) is 0.572. The fraction of sp³-hybridized carbons (Fsp3) is 0.500. The summed E-state index contributed by atoms with van der Waals surface area (Å²) in [4.78, 5) is 19.4. The molecule has 1 aromatic carbocycles. The van der Waals surface area contributed by atoms with E-state index in [1.165, 1.54) is 18.4 Å². The van der Waals surface area contributed by atoms with E-state index in [0.717, 1.165) is 42.1 Å². The monoisotopic (exact) mass is 342 g/mol. The van der Waals surface area contributed by atoms with Crippen LogP contribution in [-0.2, 0) is 11.3 Å². The second kappa shape index (κ2) is 6.36. The lowest BCUT2D eigenvalue weighted by Crippen LogP contribution is -2.39. The molecule has 2 fully saturated rings. The summed E-state index contributed by atoms with van der Waals surface area (Å²) in [7, 11) is 0. The Hall–Kier alpha value is -1.61. The average Bonchev–Trinajstić information content (AvgIpc) is 3.28. The third-order valence-electron chi connectivity index (χ3n) is 5.31. The van der Waals surface area contributed by atoms with Gasteiger partial charge in [-0.05, 0) is 50.8 Å². The maximum Gasteiger partial charge on any atom is 0.226 e. The third kappa shape index (κ3) is 3.14. The Kier molecular flexibility index (Phi) is 4.21. The molecule has 0 aliphatic heterocycles. The number of carbonyl (C=O) groups is 1. The predicted molar refractivity (Wildman–Crippen MR) is 97.0 cm³/mol. The molecule has 0 saturated heterocycles. The average molecular weight is 343 g/mol. The van der Waals surface area contributed by atoms with E-state index in [-0.39, 0.29) is 5.92 Å². The number of rotatable bonds is 4. The number of halogens is 1. The fourth-order valence-corrected chi connectivity index (χ4v) is 3.98. The van der Waals surface area contributed by atoms with Gasteiger partial charge in [-0.15, -0.1) is 0 Å². The molecular weight excluding hydrogens is 320 g/mol. The van der Waals surface area contributed by atoms with Crippen LogP contribution < -0.4 is 0 Å². The van der Waals surface area contributed by atoms with Gasteiger partial charge >= 0.3 is 0 Å². The van der Waals surface area contributed by atoms with Crippen molar-refractivity contribution < 1.29 is 4.79 Å². The lowest BCUT2D eigenvalue weighted by Gasteiger charge is -2.29. The number of pyridine rings is 1. The third-order valence-corrected chi connectivity index (χ3v) is 5.64. The summed E-state index contributed by atoms with van der Waals surface area (Å²) >= 11 is 6.44. The number of hydrogen-bond acceptors (Lipinski definition) is 2. The summed E-state index contributed by atoms with van der Waals surface area (Å²) in [6.07, 6.45) is 6.78. The van der Waals surface area contributed by atoms with Crippen LogP contribution in [0.2, 0.25) is 5.15 Å². The van der Waals surface area contributed by atoms with Crippen LogP contribution >= 0.6 is 11.6 Å². The van der Waals surface area contributed by atoms with Crippen molar-refractivity contribution in [3.63, 3.8) is 0 Å². The van der Waals surface area contributed by atoms with Crippen molar-refractivity contribution in [3.05, 3.63) is 40.5 Å². The van der Waals surface area contributed by atoms with Crippen LogP contribution in [0.15, 0.2) is 24.3 Å².